The fourth-order valence-electron chi connectivity index (χ4n) is 3.29. The lowest BCUT2D eigenvalue weighted by molar-refractivity contribution is -0.131. The molecule has 0 spiro atoms. The number of aliphatic hydroxyl groups is 1. The normalized spacial score (nSPS) is 13.8. The van der Waals surface area contributed by atoms with Crippen LogP contribution < -0.4 is 10.6 Å². The maximum Gasteiger partial charge on any atom is 0.243 e. The van der Waals surface area contributed by atoms with Crippen molar-refractivity contribution in [3.05, 3.63) is 59.7 Å². The van der Waals surface area contributed by atoms with Gasteiger partial charge in [0.2, 0.25) is 11.8 Å². The maximum absolute atomic E-state index is 12.5. The van der Waals surface area contributed by atoms with Crippen molar-refractivity contribution in [1.29, 1.82) is 0 Å². The lowest BCUT2D eigenvalue weighted by Crippen LogP contribution is -2.52. The van der Waals surface area contributed by atoms with Gasteiger partial charge in [-0.3, -0.25) is 14.4 Å². The molecule has 3 unspecified atom stereocenters. The molecular formula is C26H34N2O4. The molecule has 2 amide bonds. The number of Topliss-reactive ketones (excluding diaryl/α,β-unsaturated/α-hetero) is 1. The van der Waals surface area contributed by atoms with Gasteiger partial charge in [0, 0.05) is 6.42 Å². The summed E-state index contributed by atoms with van der Waals surface area (Å²) in [5, 5.41) is 15.2. The van der Waals surface area contributed by atoms with E-state index in [0.29, 0.717) is 6.42 Å². The highest BCUT2D eigenvalue weighted by Crippen LogP contribution is 2.24. The highest BCUT2D eigenvalue weighted by atomic mass is 16.3. The topological polar surface area (TPSA) is 95.5 Å². The zero-order chi connectivity index (χ0) is 23.8. The number of carbonyl (C=O) groups excluding carboxylic acids is 3. The Bertz CT molecular complexity index is 935. The van der Waals surface area contributed by atoms with Gasteiger partial charge in [0.1, 0.15) is 6.04 Å². The van der Waals surface area contributed by atoms with E-state index < -0.39 is 18.2 Å². The molecule has 6 heteroatoms. The van der Waals surface area contributed by atoms with Crippen LogP contribution >= 0.6 is 0 Å². The summed E-state index contributed by atoms with van der Waals surface area (Å²) in [6.07, 6.45) is 0.293. The van der Waals surface area contributed by atoms with Crippen LogP contribution in [0.3, 0.4) is 0 Å². The number of rotatable bonds is 10. The molecule has 0 radical (unpaired) electrons. The number of hydrogen-bond acceptors (Lipinski definition) is 4. The van der Waals surface area contributed by atoms with E-state index in [0.717, 1.165) is 22.3 Å². The Morgan fingerprint density at radius 3 is 2.12 bits per heavy atom. The molecule has 0 aromatic heterocycles. The van der Waals surface area contributed by atoms with Gasteiger partial charge in [0.15, 0.2) is 5.78 Å². The fraction of sp³-hybridized carbons (Fsp3) is 0.423. The number of amides is 2. The number of benzene rings is 2. The van der Waals surface area contributed by atoms with Gasteiger partial charge < -0.3 is 15.7 Å². The van der Waals surface area contributed by atoms with E-state index >= 15 is 0 Å². The molecule has 0 aliphatic heterocycles. The largest absolute Gasteiger partial charge is 0.389 e. The second-order valence-corrected chi connectivity index (χ2v) is 8.63. The number of nitrogens with one attached hydrogen (secondary N) is 2. The molecule has 3 N–H and O–H groups in total. The Balaban J connectivity index is 1.95. The molecule has 6 nitrogen and oxygen atoms in total. The Labute approximate surface area is 190 Å². The van der Waals surface area contributed by atoms with Crippen LogP contribution in [0.4, 0.5) is 0 Å². The summed E-state index contributed by atoms with van der Waals surface area (Å²) >= 11 is 0. The van der Waals surface area contributed by atoms with Gasteiger partial charge in [-0.05, 0) is 61.4 Å². The van der Waals surface area contributed by atoms with Crippen LogP contribution in [0.2, 0.25) is 0 Å². The summed E-state index contributed by atoms with van der Waals surface area (Å²) in [6, 6.07) is 14.5. The van der Waals surface area contributed by atoms with E-state index in [9.17, 15) is 19.5 Å². The first-order valence-electron chi connectivity index (χ1n) is 11.1. The number of aliphatic hydroxyl groups excluding tert-OH is 1. The summed E-state index contributed by atoms with van der Waals surface area (Å²) in [7, 11) is 0. The third-order valence-electron chi connectivity index (χ3n) is 5.53. The zero-order valence-corrected chi connectivity index (χ0v) is 19.5. The quantitative estimate of drug-likeness (QED) is 0.528. The summed E-state index contributed by atoms with van der Waals surface area (Å²) < 4.78 is 0. The predicted molar refractivity (Wildman–Crippen MR) is 126 cm³/mol. The molecule has 32 heavy (non-hydrogen) atoms. The van der Waals surface area contributed by atoms with Crippen molar-refractivity contribution >= 4 is 17.6 Å². The molecule has 3 atom stereocenters. The molecule has 2 aromatic rings. The van der Waals surface area contributed by atoms with Gasteiger partial charge in [0.05, 0.1) is 12.1 Å². The van der Waals surface area contributed by atoms with Crippen molar-refractivity contribution in [2.45, 2.75) is 65.6 Å². The van der Waals surface area contributed by atoms with Crippen LogP contribution in [0.15, 0.2) is 48.5 Å². The molecule has 0 aliphatic carbocycles. The lowest BCUT2D eigenvalue weighted by atomic mass is 9.99. The molecule has 0 fully saturated rings. The number of hydrogen-bond donors (Lipinski definition) is 3. The van der Waals surface area contributed by atoms with Gasteiger partial charge in [-0.1, -0.05) is 56.3 Å². The Morgan fingerprint density at radius 1 is 0.906 bits per heavy atom. The average molecular weight is 439 g/mol. The number of aryl methyl sites for hydroxylation is 1. The standard InChI is InChI=1S/C26H34N2O4/c1-16(2)25(26(32)27-17(3)18(4)29)28-24(31)14-11-20-9-12-21(13-10-20)23-8-6-7-22(15-23)19(5)30/h6-10,12-13,15-17,19,25,30H,11,14H2,1-5H3,(H,27,32)(H,28,31). The molecule has 172 valence electrons. The molecule has 0 heterocycles. The summed E-state index contributed by atoms with van der Waals surface area (Å²) in [6.45, 7) is 8.50. The summed E-state index contributed by atoms with van der Waals surface area (Å²) in [4.78, 5) is 36.3. The zero-order valence-electron chi connectivity index (χ0n) is 19.5. The van der Waals surface area contributed by atoms with E-state index in [2.05, 4.69) is 10.6 Å². The van der Waals surface area contributed by atoms with Crippen LogP contribution in [0, 0.1) is 5.92 Å². The van der Waals surface area contributed by atoms with Gasteiger partial charge in [-0.25, -0.2) is 0 Å². The summed E-state index contributed by atoms with van der Waals surface area (Å²) in [5.41, 5.74) is 3.95. The minimum absolute atomic E-state index is 0.102. The third-order valence-corrected chi connectivity index (χ3v) is 5.53. The molecular weight excluding hydrogens is 404 g/mol. The smallest absolute Gasteiger partial charge is 0.243 e. The second kappa shape index (κ2) is 11.6. The third kappa shape index (κ3) is 7.31. The van der Waals surface area contributed by atoms with Crippen molar-refractivity contribution < 1.29 is 19.5 Å². The Morgan fingerprint density at radius 2 is 1.56 bits per heavy atom. The first-order valence-corrected chi connectivity index (χ1v) is 11.1. The Hall–Kier alpha value is -2.99. The lowest BCUT2D eigenvalue weighted by Gasteiger charge is -2.23. The van der Waals surface area contributed by atoms with Crippen LogP contribution in [0.25, 0.3) is 11.1 Å². The van der Waals surface area contributed by atoms with Crippen molar-refractivity contribution in [2.24, 2.45) is 5.92 Å². The molecule has 0 aliphatic rings. The highest BCUT2D eigenvalue weighted by molar-refractivity contribution is 5.92. The van der Waals surface area contributed by atoms with Gasteiger partial charge >= 0.3 is 0 Å². The Kier molecular flexibility index (Phi) is 9.14. The van der Waals surface area contributed by atoms with Gasteiger partial charge in [-0.2, -0.15) is 0 Å². The van der Waals surface area contributed by atoms with E-state index in [1.807, 2.05) is 62.4 Å². The average Bonchev–Trinajstić information content (AvgIpc) is 2.76. The van der Waals surface area contributed by atoms with Crippen LogP contribution in [0.5, 0.6) is 0 Å². The van der Waals surface area contributed by atoms with E-state index in [1.54, 1.807) is 13.8 Å². The van der Waals surface area contributed by atoms with Gasteiger partial charge in [0.25, 0.3) is 0 Å². The van der Waals surface area contributed by atoms with Crippen LogP contribution in [-0.2, 0) is 20.8 Å². The first-order chi connectivity index (χ1) is 15.1. The first kappa shape index (κ1) is 25.3. The van der Waals surface area contributed by atoms with Crippen molar-refractivity contribution in [3.8, 4) is 11.1 Å². The summed E-state index contributed by atoms with van der Waals surface area (Å²) in [5.74, 6) is -0.786. The van der Waals surface area contributed by atoms with E-state index in [4.69, 9.17) is 0 Å². The van der Waals surface area contributed by atoms with Crippen molar-refractivity contribution in [2.75, 3.05) is 0 Å². The second-order valence-electron chi connectivity index (χ2n) is 8.63. The minimum Gasteiger partial charge on any atom is -0.389 e. The number of ketones is 1. The minimum atomic E-state index is -0.687. The monoisotopic (exact) mass is 438 g/mol. The van der Waals surface area contributed by atoms with Gasteiger partial charge in [-0.15, -0.1) is 0 Å². The fourth-order valence-corrected chi connectivity index (χ4v) is 3.29. The molecule has 2 aromatic carbocycles. The predicted octanol–water partition coefficient (Wildman–Crippen LogP) is 3.57. The van der Waals surface area contributed by atoms with Crippen molar-refractivity contribution in [1.82, 2.24) is 10.6 Å². The molecule has 0 saturated heterocycles. The van der Waals surface area contributed by atoms with Crippen LogP contribution in [0.1, 0.15) is 58.3 Å². The van der Waals surface area contributed by atoms with E-state index in [1.165, 1.54) is 6.92 Å². The molecule has 0 bridgehead atoms. The maximum atomic E-state index is 12.5. The number of carbonyl (C=O) groups is 3. The van der Waals surface area contributed by atoms with Crippen LogP contribution in [-0.4, -0.2) is 34.8 Å². The SMILES string of the molecule is CC(=O)C(C)NC(=O)C(NC(=O)CCc1ccc(-c2cccc(C(C)O)c2)cc1)C(C)C. The highest BCUT2D eigenvalue weighted by Gasteiger charge is 2.25. The molecule has 2 rings (SSSR count). The van der Waals surface area contributed by atoms with Crippen molar-refractivity contribution in [3.63, 3.8) is 0 Å². The molecule has 0 saturated carbocycles. The van der Waals surface area contributed by atoms with E-state index in [-0.39, 0.29) is 29.9 Å².